The summed E-state index contributed by atoms with van der Waals surface area (Å²) in [6.07, 6.45) is 3.02. The van der Waals surface area contributed by atoms with Gasteiger partial charge in [-0.2, -0.15) is 0 Å². The van der Waals surface area contributed by atoms with E-state index in [2.05, 4.69) is 21.2 Å². The predicted octanol–water partition coefficient (Wildman–Crippen LogP) is 5.49. The lowest BCUT2D eigenvalue weighted by Gasteiger charge is -2.07. The van der Waals surface area contributed by atoms with Gasteiger partial charge in [-0.1, -0.05) is 18.2 Å². The molecule has 3 aromatic rings. The van der Waals surface area contributed by atoms with E-state index in [4.69, 9.17) is 9.15 Å². The topological polar surface area (TPSA) is 51.5 Å². The standard InChI is InChI=1S/C19H14BrNO3/c20-18-12-10-17(24-18)11-13-19(22)21-14-6-8-16(9-7-14)23-15-4-2-1-3-5-15/h1-13H,(H,21,22)/b13-11+. The second kappa shape index (κ2) is 7.66. The number of anilines is 1. The van der Waals surface area contributed by atoms with Gasteiger partial charge in [0.05, 0.1) is 0 Å². The number of hydrogen-bond donors (Lipinski definition) is 1. The third kappa shape index (κ3) is 4.60. The molecule has 1 heterocycles. The Morgan fingerprint density at radius 3 is 2.33 bits per heavy atom. The molecule has 120 valence electrons. The second-order valence-electron chi connectivity index (χ2n) is 4.90. The number of furan rings is 1. The monoisotopic (exact) mass is 383 g/mol. The van der Waals surface area contributed by atoms with Gasteiger partial charge < -0.3 is 14.5 Å². The molecule has 5 heteroatoms. The van der Waals surface area contributed by atoms with E-state index >= 15 is 0 Å². The number of benzene rings is 2. The van der Waals surface area contributed by atoms with E-state index in [1.165, 1.54) is 6.08 Å². The highest BCUT2D eigenvalue weighted by molar-refractivity contribution is 9.10. The van der Waals surface area contributed by atoms with E-state index in [-0.39, 0.29) is 5.91 Å². The minimum Gasteiger partial charge on any atom is -0.457 e. The van der Waals surface area contributed by atoms with Crippen molar-refractivity contribution < 1.29 is 13.9 Å². The van der Waals surface area contributed by atoms with Crippen LogP contribution in [0.1, 0.15) is 5.76 Å². The maximum atomic E-state index is 11.9. The summed E-state index contributed by atoms with van der Waals surface area (Å²) in [5, 5.41) is 2.78. The maximum absolute atomic E-state index is 11.9. The molecule has 0 aliphatic rings. The summed E-state index contributed by atoms with van der Waals surface area (Å²) in [5.74, 6) is 1.83. The van der Waals surface area contributed by atoms with Crippen LogP contribution in [-0.4, -0.2) is 5.91 Å². The van der Waals surface area contributed by atoms with Crippen LogP contribution < -0.4 is 10.1 Å². The van der Waals surface area contributed by atoms with Gasteiger partial charge >= 0.3 is 0 Å². The Labute approximate surface area is 147 Å². The van der Waals surface area contributed by atoms with Crippen LogP contribution in [0.4, 0.5) is 5.69 Å². The molecule has 0 bridgehead atoms. The molecule has 4 nitrogen and oxygen atoms in total. The molecule has 0 saturated carbocycles. The first kappa shape index (κ1) is 16.1. The van der Waals surface area contributed by atoms with Gasteiger partial charge in [0.2, 0.25) is 5.91 Å². The Kier molecular flexibility index (Phi) is 5.13. The number of halogens is 1. The normalized spacial score (nSPS) is 10.7. The number of carbonyl (C=O) groups excluding carboxylic acids is 1. The van der Waals surface area contributed by atoms with Crippen molar-refractivity contribution in [2.24, 2.45) is 0 Å². The molecular formula is C19H14BrNO3. The van der Waals surface area contributed by atoms with Gasteiger partial charge in [-0.25, -0.2) is 0 Å². The molecule has 1 amide bonds. The summed E-state index contributed by atoms with van der Waals surface area (Å²) in [7, 11) is 0. The fourth-order valence-corrected chi connectivity index (χ4v) is 2.31. The number of hydrogen-bond acceptors (Lipinski definition) is 3. The molecular weight excluding hydrogens is 370 g/mol. The average Bonchev–Trinajstić information content (AvgIpc) is 3.01. The SMILES string of the molecule is O=C(/C=C/c1ccc(Br)o1)Nc1ccc(Oc2ccccc2)cc1. The molecule has 0 fully saturated rings. The van der Waals surface area contributed by atoms with Gasteiger partial charge in [0, 0.05) is 11.8 Å². The largest absolute Gasteiger partial charge is 0.457 e. The summed E-state index contributed by atoms with van der Waals surface area (Å²) in [4.78, 5) is 11.9. The van der Waals surface area contributed by atoms with Crippen molar-refractivity contribution in [3.63, 3.8) is 0 Å². The summed E-state index contributed by atoms with van der Waals surface area (Å²) in [6, 6.07) is 20.2. The molecule has 0 radical (unpaired) electrons. The summed E-state index contributed by atoms with van der Waals surface area (Å²) in [5.41, 5.74) is 0.686. The lowest BCUT2D eigenvalue weighted by Crippen LogP contribution is -2.07. The van der Waals surface area contributed by atoms with Crippen molar-refractivity contribution in [1.29, 1.82) is 0 Å². The van der Waals surface area contributed by atoms with Crippen molar-refractivity contribution >= 4 is 33.6 Å². The van der Waals surface area contributed by atoms with E-state index in [9.17, 15) is 4.79 Å². The van der Waals surface area contributed by atoms with Gasteiger partial charge in [-0.05, 0) is 70.5 Å². The van der Waals surface area contributed by atoms with E-state index in [1.807, 2.05) is 30.3 Å². The summed E-state index contributed by atoms with van der Waals surface area (Å²) >= 11 is 3.21. The molecule has 2 aromatic carbocycles. The molecule has 0 spiro atoms. The quantitative estimate of drug-likeness (QED) is 0.592. The van der Waals surface area contributed by atoms with Crippen molar-refractivity contribution in [1.82, 2.24) is 0 Å². The number of rotatable bonds is 5. The van der Waals surface area contributed by atoms with Crippen LogP contribution in [0.2, 0.25) is 0 Å². The van der Waals surface area contributed by atoms with Gasteiger partial charge in [0.25, 0.3) is 0 Å². The maximum Gasteiger partial charge on any atom is 0.248 e. The third-order valence-corrected chi connectivity index (χ3v) is 3.52. The van der Waals surface area contributed by atoms with E-state index < -0.39 is 0 Å². The van der Waals surface area contributed by atoms with Crippen LogP contribution in [0, 0.1) is 0 Å². The molecule has 0 aliphatic carbocycles. The minimum atomic E-state index is -0.237. The van der Waals surface area contributed by atoms with Crippen LogP contribution >= 0.6 is 15.9 Å². The van der Waals surface area contributed by atoms with Crippen molar-refractivity contribution in [3.8, 4) is 11.5 Å². The van der Waals surface area contributed by atoms with Crippen molar-refractivity contribution in [2.45, 2.75) is 0 Å². The first-order valence-corrected chi connectivity index (χ1v) is 8.06. The van der Waals surface area contributed by atoms with Crippen LogP contribution in [0.15, 0.2) is 81.9 Å². The average molecular weight is 384 g/mol. The summed E-state index contributed by atoms with van der Waals surface area (Å²) < 4.78 is 11.6. The van der Waals surface area contributed by atoms with E-state index in [1.54, 1.807) is 42.5 Å². The molecule has 0 saturated heterocycles. The van der Waals surface area contributed by atoms with Crippen LogP contribution in [0.25, 0.3) is 6.08 Å². The van der Waals surface area contributed by atoms with Crippen molar-refractivity contribution in [2.75, 3.05) is 5.32 Å². The minimum absolute atomic E-state index is 0.237. The number of para-hydroxylation sites is 1. The van der Waals surface area contributed by atoms with Crippen LogP contribution in [0.5, 0.6) is 11.5 Å². The van der Waals surface area contributed by atoms with E-state index in [0.717, 1.165) is 5.75 Å². The smallest absolute Gasteiger partial charge is 0.248 e. The zero-order valence-electron chi connectivity index (χ0n) is 12.6. The molecule has 3 rings (SSSR count). The van der Waals surface area contributed by atoms with Crippen molar-refractivity contribution in [3.05, 3.63) is 83.2 Å². The lowest BCUT2D eigenvalue weighted by atomic mass is 10.3. The van der Waals surface area contributed by atoms with E-state index in [0.29, 0.717) is 21.9 Å². The third-order valence-electron chi connectivity index (χ3n) is 3.09. The highest BCUT2D eigenvalue weighted by atomic mass is 79.9. The van der Waals surface area contributed by atoms with Gasteiger partial charge in [-0.3, -0.25) is 4.79 Å². The Morgan fingerprint density at radius 2 is 1.67 bits per heavy atom. The predicted molar refractivity (Wildman–Crippen MR) is 97.0 cm³/mol. The number of carbonyl (C=O) groups is 1. The first-order valence-electron chi connectivity index (χ1n) is 7.26. The lowest BCUT2D eigenvalue weighted by molar-refractivity contribution is -0.111. The number of ether oxygens (including phenoxy) is 1. The van der Waals surface area contributed by atoms with Gasteiger partial charge in [0.1, 0.15) is 17.3 Å². The summed E-state index contributed by atoms with van der Waals surface area (Å²) in [6.45, 7) is 0. The molecule has 0 unspecified atom stereocenters. The number of nitrogens with one attached hydrogen (secondary N) is 1. The highest BCUT2D eigenvalue weighted by Gasteiger charge is 2.01. The fourth-order valence-electron chi connectivity index (χ4n) is 1.99. The van der Waals surface area contributed by atoms with Crippen LogP contribution in [-0.2, 0) is 4.79 Å². The second-order valence-corrected chi connectivity index (χ2v) is 5.69. The van der Waals surface area contributed by atoms with Crippen LogP contribution in [0.3, 0.4) is 0 Å². The molecule has 1 aromatic heterocycles. The Hall–Kier alpha value is -2.79. The Morgan fingerprint density at radius 1 is 0.958 bits per heavy atom. The Balaban J connectivity index is 1.57. The molecule has 24 heavy (non-hydrogen) atoms. The zero-order valence-corrected chi connectivity index (χ0v) is 14.2. The molecule has 0 aliphatic heterocycles. The van der Waals surface area contributed by atoms with Gasteiger partial charge in [0.15, 0.2) is 4.67 Å². The van der Waals surface area contributed by atoms with Gasteiger partial charge in [-0.15, -0.1) is 0 Å². The Bertz CT molecular complexity index is 839. The highest BCUT2D eigenvalue weighted by Crippen LogP contribution is 2.22. The fraction of sp³-hybridized carbons (Fsp3) is 0. The molecule has 0 atom stereocenters. The molecule has 1 N–H and O–H groups in total. The zero-order chi connectivity index (χ0) is 16.8. The first-order chi connectivity index (χ1) is 11.7. The number of amides is 1.